The Labute approximate surface area is 124 Å². The number of hydrogen-bond donors (Lipinski definition) is 0. The van der Waals surface area contributed by atoms with Gasteiger partial charge in [-0.2, -0.15) is 0 Å². The molecule has 0 bridgehead atoms. The molecular formula is C18H37P. The van der Waals surface area contributed by atoms with Gasteiger partial charge in [-0.15, -0.1) is 8.58 Å². The van der Waals surface area contributed by atoms with E-state index in [4.69, 9.17) is 0 Å². The summed E-state index contributed by atoms with van der Waals surface area (Å²) in [6.07, 6.45) is 24.0. The fourth-order valence-corrected chi connectivity index (χ4v) is 4.90. The van der Waals surface area contributed by atoms with Crippen molar-refractivity contribution < 1.29 is 0 Å². The summed E-state index contributed by atoms with van der Waals surface area (Å²) in [5.74, 6) is 0. The smallest absolute Gasteiger partial charge is 0.0237 e. The van der Waals surface area contributed by atoms with Gasteiger partial charge in [0.15, 0.2) is 0 Å². The average molecular weight is 284 g/mol. The van der Waals surface area contributed by atoms with Crippen molar-refractivity contribution >= 4 is 8.58 Å². The maximum absolute atomic E-state index is 2.31. The Balaban J connectivity index is 2.06. The first-order valence-corrected chi connectivity index (χ1v) is 10.5. The Kier molecular flexibility index (Phi) is 12.3. The van der Waals surface area contributed by atoms with E-state index in [2.05, 4.69) is 6.92 Å². The number of unbranched alkanes of at least 4 members (excludes halogenated alkanes) is 4. The predicted octanol–water partition coefficient (Wildman–Crippen LogP) is 6.92. The van der Waals surface area contributed by atoms with Crippen molar-refractivity contribution in [1.82, 2.24) is 0 Å². The molecule has 0 nitrogen and oxygen atoms in total. The molecule has 0 N–H and O–H groups in total. The van der Waals surface area contributed by atoms with Gasteiger partial charge in [0.25, 0.3) is 0 Å². The molecule has 1 atom stereocenters. The molecule has 0 heterocycles. The first-order valence-electron chi connectivity index (χ1n) is 9.17. The van der Waals surface area contributed by atoms with Crippen LogP contribution in [0, 0.1) is 0 Å². The van der Waals surface area contributed by atoms with E-state index in [9.17, 15) is 0 Å². The summed E-state index contributed by atoms with van der Waals surface area (Å²) < 4.78 is 0. The van der Waals surface area contributed by atoms with E-state index < -0.39 is 0 Å². The molecule has 0 aliphatic heterocycles. The van der Waals surface area contributed by atoms with Crippen LogP contribution in [-0.4, -0.2) is 11.8 Å². The summed E-state index contributed by atoms with van der Waals surface area (Å²) >= 11 is 0. The topological polar surface area (TPSA) is 0 Å². The zero-order chi connectivity index (χ0) is 13.6. The zero-order valence-electron chi connectivity index (χ0n) is 13.4. The summed E-state index contributed by atoms with van der Waals surface area (Å²) in [6.45, 7) is 2.31. The minimum atomic E-state index is 1.10. The van der Waals surface area contributed by atoms with Crippen LogP contribution in [0.2, 0.25) is 0 Å². The van der Waals surface area contributed by atoms with Crippen molar-refractivity contribution in [2.24, 2.45) is 0 Å². The van der Waals surface area contributed by atoms with Crippen LogP contribution < -0.4 is 0 Å². The van der Waals surface area contributed by atoms with Crippen LogP contribution in [0.3, 0.4) is 0 Å². The summed E-state index contributed by atoms with van der Waals surface area (Å²) in [5.41, 5.74) is 1.10. The van der Waals surface area contributed by atoms with Gasteiger partial charge >= 0.3 is 0 Å². The third-order valence-corrected chi connectivity index (χ3v) is 6.37. The van der Waals surface area contributed by atoms with E-state index in [1.54, 1.807) is 12.8 Å². The molecule has 0 aromatic carbocycles. The molecule has 0 saturated heterocycles. The molecule has 1 aliphatic rings. The van der Waals surface area contributed by atoms with Crippen molar-refractivity contribution in [2.45, 2.75) is 109 Å². The molecule has 1 aliphatic carbocycles. The van der Waals surface area contributed by atoms with Gasteiger partial charge in [0.2, 0.25) is 0 Å². The maximum atomic E-state index is 2.31. The molecule has 0 amide bonds. The molecule has 1 unspecified atom stereocenters. The summed E-state index contributed by atoms with van der Waals surface area (Å²) in [5, 5.41) is 0. The van der Waals surface area contributed by atoms with Crippen molar-refractivity contribution in [3.05, 3.63) is 0 Å². The standard InChI is InChI=1S/C18H37P/c1-2-3-4-11-14-17-19-18-15-12-9-7-5-6-8-10-13-16-18/h18-19H,2-17H2,1H3. The lowest BCUT2D eigenvalue weighted by molar-refractivity contribution is 0.585. The van der Waals surface area contributed by atoms with Gasteiger partial charge in [-0.05, 0) is 31.1 Å². The van der Waals surface area contributed by atoms with Gasteiger partial charge in [0.05, 0.1) is 0 Å². The predicted molar refractivity (Wildman–Crippen MR) is 91.9 cm³/mol. The second kappa shape index (κ2) is 13.4. The first kappa shape index (κ1) is 17.5. The lowest BCUT2D eigenvalue weighted by atomic mass is 10.1. The normalized spacial score (nSPS) is 20.7. The van der Waals surface area contributed by atoms with Crippen molar-refractivity contribution in [3.63, 3.8) is 0 Å². The van der Waals surface area contributed by atoms with Crippen molar-refractivity contribution in [3.8, 4) is 0 Å². The highest BCUT2D eigenvalue weighted by Gasteiger charge is 2.09. The molecule has 0 aromatic heterocycles. The van der Waals surface area contributed by atoms with Crippen LogP contribution >= 0.6 is 8.58 Å². The minimum absolute atomic E-state index is 1.10. The first-order chi connectivity index (χ1) is 9.43. The van der Waals surface area contributed by atoms with Crippen LogP contribution in [0.15, 0.2) is 0 Å². The zero-order valence-corrected chi connectivity index (χ0v) is 14.4. The fourth-order valence-electron chi connectivity index (χ4n) is 3.23. The molecule has 0 aromatic rings. The Bertz CT molecular complexity index is 167. The minimum Gasteiger partial charge on any atom is -0.119 e. The van der Waals surface area contributed by atoms with Gasteiger partial charge in [-0.1, -0.05) is 84.0 Å². The van der Waals surface area contributed by atoms with Crippen molar-refractivity contribution in [1.29, 1.82) is 0 Å². The summed E-state index contributed by atoms with van der Waals surface area (Å²) in [6, 6.07) is 0. The molecule has 1 heteroatoms. The summed E-state index contributed by atoms with van der Waals surface area (Å²) in [4.78, 5) is 0. The molecule has 0 spiro atoms. The molecule has 114 valence electrons. The lowest BCUT2D eigenvalue weighted by Crippen LogP contribution is -2.02. The van der Waals surface area contributed by atoms with E-state index in [0.717, 1.165) is 5.66 Å². The highest BCUT2D eigenvalue weighted by Crippen LogP contribution is 2.31. The number of hydrogen-bond acceptors (Lipinski definition) is 0. The lowest BCUT2D eigenvalue weighted by Gasteiger charge is -2.16. The largest absolute Gasteiger partial charge is 0.119 e. The highest BCUT2D eigenvalue weighted by atomic mass is 31.1. The second-order valence-corrected chi connectivity index (χ2v) is 8.20. The van der Waals surface area contributed by atoms with Gasteiger partial charge in [-0.25, -0.2) is 0 Å². The quantitative estimate of drug-likeness (QED) is 0.351. The van der Waals surface area contributed by atoms with Gasteiger partial charge in [0.1, 0.15) is 0 Å². The van der Waals surface area contributed by atoms with E-state index in [0.29, 0.717) is 0 Å². The molecular weight excluding hydrogens is 247 g/mol. The second-order valence-electron chi connectivity index (χ2n) is 6.47. The van der Waals surface area contributed by atoms with Crippen LogP contribution in [-0.2, 0) is 0 Å². The van der Waals surface area contributed by atoms with Crippen LogP contribution in [0.4, 0.5) is 0 Å². The van der Waals surface area contributed by atoms with Crippen molar-refractivity contribution in [2.75, 3.05) is 6.16 Å². The Hall–Kier alpha value is 0.430. The molecule has 0 radical (unpaired) electrons. The van der Waals surface area contributed by atoms with E-state index >= 15 is 0 Å². The molecule has 1 rings (SSSR count). The van der Waals surface area contributed by atoms with Crippen LogP contribution in [0.25, 0.3) is 0 Å². The maximum Gasteiger partial charge on any atom is -0.0237 e. The third kappa shape index (κ3) is 10.8. The Morgan fingerprint density at radius 1 is 0.684 bits per heavy atom. The average Bonchev–Trinajstić information content (AvgIpc) is 2.48. The van der Waals surface area contributed by atoms with Crippen LogP contribution in [0.1, 0.15) is 103 Å². The van der Waals surface area contributed by atoms with Crippen LogP contribution in [0.5, 0.6) is 0 Å². The van der Waals surface area contributed by atoms with E-state index in [-0.39, 0.29) is 0 Å². The molecule has 19 heavy (non-hydrogen) atoms. The summed E-state index contributed by atoms with van der Waals surface area (Å²) in [7, 11) is 1.28. The Morgan fingerprint density at radius 2 is 1.21 bits per heavy atom. The van der Waals surface area contributed by atoms with E-state index in [1.807, 2.05) is 0 Å². The highest BCUT2D eigenvalue weighted by molar-refractivity contribution is 7.38. The Morgan fingerprint density at radius 3 is 1.79 bits per heavy atom. The number of rotatable bonds is 7. The fraction of sp³-hybridized carbons (Fsp3) is 1.00. The SMILES string of the molecule is CCCCCCCPC1CCCCCCCCCC1. The molecule has 1 saturated carbocycles. The van der Waals surface area contributed by atoms with E-state index in [1.165, 1.54) is 98.2 Å². The monoisotopic (exact) mass is 284 g/mol. The van der Waals surface area contributed by atoms with Gasteiger partial charge in [0, 0.05) is 0 Å². The van der Waals surface area contributed by atoms with Gasteiger partial charge < -0.3 is 0 Å². The third-order valence-electron chi connectivity index (χ3n) is 4.57. The van der Waals surface area contributed by atoms with Gasteiger partial charge in [-0.3, -0.25) is 0 Å². The molecule has 1 fully saturated rings.